The molecule has 0 aromatic heterocycles. The highest BCUT2D eigenvalue weighted by Crippen LogP contribution is 2.17. The standard InChI is InChI=1S/C18H35NO2/c1-4-6-7-8-11-18(5-2)12-9-10-14-20-16-17-21-15-13-19-3/h18-19H,4-8,11-17H2,1-3H3. The van der Waals surface area contributed by atoms with Crippen LogP contribution in [-0.2, 0) is 9.47 Å². The molecule has 0 saturated heterocycles. The minimum atomic E-state index is 0.529. The van der Waals surface area contributed by atoms with Crippen LogP contribution in [0.5, 0.6) is 0 Å². The molecule has 0 amide bonds. The van der Waals surface area contributed by atoms with E-state index >= 15 is 0 Å². The largest absolute Gasteiger partial charge is 0.378 e. The van der Waals surface area contributed by atoms with Gasteiger partial charge in [-0.15, -0.1) is 5.92 Å². The Balaban J connectivity index is 3.43. The lowest BCUT2D eigenvalue weighted by Crippen LogP contribution is -2.16. The second-order valence-corrected chi connectivity index (χ2v) is 5.45. The van der Waals surface area contributed by atoms with Crippen LogP contribution in [0.15, 0.2) is 0 Å². The van der Waals surface area contributed by atoms with Crippen LogP contribution in [0.4, 0.5) is 0 Å². The highest BCUT2D eigenvalue weighted by atomic mass is 16.5. The Kier molecular flexibility index (Phi) is 17.0. The van der Waals surface area contributed by atoms with Crippen molar-refractivity contribution in [2.24, 2.45) is 5.92 Å². The fourth-order valence-corrected chi connectivity index (χ4v) is 2.10. The van der Waals surface area contributed by atoms with E-state index in [9.17, 15) is 0 Å². The van der Waals surface area contributed by atoms with Crippen LogP contribution in [0.1, 0.15) is 58.8 Å². The van der Waals surface area contributed by atoms with E-state index in [0.717, 1.165) is 25.5 Å². The van der Waals surface area contributed by atoms with Gasteiger partial charge in [0.1, 0.15) is 6.61 Å². The highest BCUT2D eigenvalue weighted by molar-refractivity contribution is 5.00. The average molecular weight is 297 g/mol. The topological polar surface area (TPSA) is 30.5 Å². The highest BCUT2D eigenvalue weighted by Gasteiger charge is 2.03. The summed E-state index contributed by atoms with van der Waals surface area (Å²) >= 11 is 0. The first-order chi connectivity index (χ1) is 10.3. The van der Waals surface area contributed by atoms with Gasteiger partial charge in [0.15, 0.2) is 0 Å². The van der Waals surface area contributed by atoms with E-state index in [1.165, 1.54) is 38.5 Å². The molecular weight excluding hydrogens is 262 g/mol. The van der Waals surface area contributed by atoms with Crippen LogP contribution >= 0.6 is 0 Å². The van der Waals surface area contributed by atoms with E-state index in [4.69, 9.17) is 9.47 Å². The van der Waals surface area contributed by atoms with Crippen molar-refractivity contribution < 1.29 is 9.47 Å². The fourth-order valence-electron chi connectivity index (χ4n) is 2.10. The zero-order valence-corrected chi connectivity index (χ0v) is 14.4. The number of ether oxygens (including phenoxy) is 2. The molecule has 0 aromatic rings. The summed E-state index contributed by atoms with van der Waals surface area (Å²) in [6.07, 6.45) is 8.99. The Hall–Kier alpha value is -0.560. The Morgan fingerprint density at radius 1 is 0.952 bits per heavy atom. The predicted octanol–water partition coefficient (Wildman–Crippen LogP) is 3.63. The lowest BCUT2D eigenvalue weighted by atomic mass is 9.95. The minimum absolute atomic E-state index is 0.529. The first kappa shape index (κ1) is 20.4. The van der Waals surface area contributed by atoms with Gasteiger partial charge >= 0.3 is 0 Å². The van der Waals surface area contributed by atoms with Crippen LogP contribution < -0.4 is 5.32 Å². The van der Waals surface area contributed by atoms with Gasteiger partial charge < -0.3 is 14.8 Å². The van der Waals surface area contributed by atoms with E-state index in [1.54, 1.807) is 0 Å². The van der Waals surface area contributed by atoms with Crippen molar-refractivity contribution in [1.29, 1.82) is 0 Å². The van der Waals surface area contributed by atoms with Gasteiger partial charge in [0.25, 0.3) is 0 Å². The summed E-state index contributed by atoms with van der Waals surface area (Å²) in [7, 11) is 1.92. The second-order valence-electron chi connectivity index (χ2n) is 5.45. The Morgan fingerprint density at radius 2 is 1.76 bits per heavy atom. The summed E-state index contributed by atoms with van der Waals surface area (Å²) in [6.45, 7) is 7.96. The van der Waals surface area contributed by atoms with Crippen LogP contribution in [0.2, 0.25) is 0 Å². The second kappa shape index (κ2) is 17.5. The molecule has 0 fully saturated rings. The maximum Gasteiger partial charge on any atom is 0.107 e. The third-order valence-corrected chi connectivity index (χ3v) is 3.60. The van der Waals surface area contributed by atoms with Gasteiger partial charge in [-0.25, -0.2) is 0 Å². The van der Waals surface area contributed by atoms with Gasteiger partial charge in [0.2, 0.25) is 0 Å². The number of rotatable bonds is 14. The normalized spacial score (nSPS) is 12.0. The predicted molar refractivity (Wildman–Crippen MR) is 90.5 cm³/mol. The van der Waals surface area contributed by atoms with E-state index in [-0.39, 0.29) is 0 Å². The Morgan fingerprint density at radius 3 is 2.48 bits per heavy atom. The van der Waals surface area contributed by atoms with Gasteiger partial charge in [-0.1, -0.05) is 51.9 Å². The third kappa shape index (κ3) is 15.6. The molecule has 0 aromatic carbocycles. The number of unbranched alkanes of at least 4 members (excludes halogenated alkanes) is 3. The van der Waals surface area contributed by atoms with Crippen molar-refractivity contribution in [3.05, 3.63) is 0 Å². The smallest absolute Gasteiger partial charge is 0.107 e. The molecule has 0 rings (SSSR count). The van der Waals surface area contributed by atoms with Crippen molar-refractivity contribution in [1.82, 2.24) is 5.32 Å². The van der Waals surface area contributed by atoms with Crippen LogP contribution in [-0.4, -0.2) is 40.0 Å². The average Bonchev–Trinajstić information content (AvgIpc) is 2.51. The van der Waals surface area contributed by atoms with E-state index in [1.807, 2.05) is 7.05 Å². The van der Waals surface area contributed by atoms with Crippen molar-refractivity contribution >= 4 is 0 Å². The molecule has 0 heterocycles. The molecule has 0 aliphatic carbocycles. The molecule has 0 bridgehead atoms. The van der Waals surface area contributed by atoms with Crippen molar-refractivity contribution in [2.75, 3.05) is 40.0 Å². The van der Waals surface area contributed by atoms with Crippen LogP contribution in [0.3, 0.4) is 0 Å². The first-order valence-electron chi connectivity index (χ1n) is 8.60. The Labute approximate surface area is 132 Å². The molecule has 1 unspecified atom stereocenters. The van der Waals surface area contributed by atoms with Crippen LogP contribution in [0.25, 0.3) is 0 Å². The van der Waals surface area contributed by atoms with Crippen LogP contribution in [0, 0.1) is 17.8 Å². The lowest BCUT2D eigenvalue weighted by molar-refractivity contribution is 0.0618. The molecule has 0 saturated carbocycles. The summed E-state index contributed by atoms with van der Waals surface area (Å²) in [5.41, 5.74) is 0. The SMILES string of the molecule is CCCCCCC(CC)CC#CCOCCOCCNC. The van der Waals surface area contributed by atoms with Gasteiger partial charge in [-0.05, 0) is 19.4 Å². The van der Waals surface area contributed by atoms with E-state index in [2.05, 4.69) is 31.0 Å². The molecule has 124 valence electrons. The number of likely N-dealkylation sites (N-methyl/N-ethyl adjacent to an activating group) is 1. The molecule has 3 nitrogen and oxygen atoms in total. The van der Waals surface area contributed by atoms with Gasteiger partial charge in [-0.3, -0.25) is 0 Å². The summed E-state index contributed by atoms with van der Waals surface area (Å²) in [6, 6.07) is 0. The summed E-state index contributed by atoms with van der Waals surface area (Å²) in [5.74, 6) is 7.14. The first-order valence-corrected chi connectivity index (χ1v) is 8.60. The Bertz CT molecular complexity index is 258. The monoisotopic (exact) mass is 297 g/mol. The molecule has 0 aliphatic rings. The molecular formula is C18H35NO2. The summed E-state index contributed by atoms with van der Waals surface area (Å²) < 4.78 is 10.8. The molecule has 1 atom stereocenters. The zero-order chi connectivity index (χ0) is 15.6. The number of hydrogen-bond donors (Lipinski definition) is 1. The van der Waals surface area contributed by atoms with Crippen molar-refractivity contribution in [3.63, 3.8) is 0 Å². The van der Waals surface area contributed by atoms with Gasteiger partial charge in [0, 0.05) is 13.0 Å². The quantitative estimate of drug-likeness (QED) is 0.392. The third-order valence-electron chi connectivity index (χ3n) is 3.60. The molecule has 21 heavy (non-hydrogen) atoms. The van der Waals surface area contributed by atoms with E-state index in [0.29, 0.717) is 19.8 Å². The fraction of sp³-hybridized carbons (Fsp3) is 0.889. The molecule has 3 heteroatoms. The maximum atomic E-state index is 5.42. The van der Waals surface area contributed by atoms with Crippen molar-refractivity contribution in [3.8, 4) is 11.8 Å². The number of hydrogen-bond acceptors (Lipinski definition) is 3. The summed E-state index contributed by atoms with van der Waals surface area (Å²) in [5, 5.41) is 3.04. The van der Waals surface area contributed by atoms with Gasteiger partial charge in [0.05, 0.1) is 19.8 Å². The minimum Gasteiger partial charge on any atom is -0.378 e. The molecule has 0 aliphatic heterocycles. The molecule has 0 spiro atoms. The van der Waals surface area contributed by atoms with Gasteiger partial charge in [-0.2, -0.15) is 0 Å². The molecule has 1 N–H and O–H groups in total. The molecule has 0 radical (unpaired) electrons. The zero-order valence-electron chi connectivity index (χ0n) is 14.4. The lowest BCUT2D eigenvalue weighted by Gasteiger charge is -2.10. The van der Waals surface area contributed by atoms with Crippen molar-refractivity contribution in [2.45, 2.75) is 58.8 Å². The number of nitrogens with one attached hydrogen (secondary N) is 1. The van der Waals surface area contributed by atoms with E-state index < -0.39 is 0 Å². The summed E-state index contributed by atoms with van der Waals surface area (Å²) in [4.78, 5) is 0. The maximum absolute atomic E-state index is 5.42.